The third-order valence-electron chi connectivity index (χ3n) is 4.29. The van der Waals surface area contributed by atoms with Crippen molar-refractivity contribution in [2.75, 3.05) is 18.9 Å². The highest BCUT2D eigenvalue weighted by atomic mass is 16.6. The number of rotatable bonds is 2. The SMILES string of the molecule is Nc1ccc(-c2nc3ccncc3n2-c2ccc3c(c2)OCCO3)cn1. The molecular formula is C19H15N5O2. The molecule has 7 nitrogen and oxygen atoms in total. The summed E-state index contributed by atoms with van der Waals surface area (Å²) in [6.07, 6.45) is 5.25. The summed E-state index contributed by atoms with van der Waals surface area (Å²) in [5.41, 5.74) is 9.25. The quantitative estimate of drug-likeness (QED) is 0.601. The fraction of sp³-hybridized carbons (Fsp3) is 0.105. The van der Waals surface area contributed by atoms with Crippen molar-refractivity contribution in [3.05, 3.63) is 55.0 Å². The van der Waals surface area contributed by atoms with Crippen molar-refractivity contribution in [3.8, 4) is 28.6 Å². The molecule has 5 rings (SSSR count). The topological polar surface area (TPSA) is 88.1 Å². The van der Waals surface area contributed by atoms with Crippen LogP contribution >= 0.6 is 0 Å². The second kappa shape index (κ2) is 5.73. The van der Waals surface area contributed by atoms with Gasteiger partial charge in [0.05, 0.1) is 22.9 Å². The Morgan fingerprint density at radius 2 is 1.85 bits per heavy atom. The number of ether oxygens (including phenoxy) is 2. The van der Waals surface area contributed by atoms with Gasteiger partial charge in [0.25, 0.3) is 0 Å². The van der Waals surface area contributed by atoms with Gasteiger partial charge >= 0.3 is 0 Å². The van der Waals surface area contributed by atoms with Gasteiger partial charge in [0.2, 0.25) is 0 Å². The largest absolute Gasteiger partial charge is 0.486 e. The van der Waals surface area contributed by atoms with Crippen LogP contribution in [-0.2, 0) is 0 Å². The summed E-state index contributed by atoms with van der Waals surface area (Å²) in [6.45, 7) is 1.10. The molecule has 26 heavy (non-hydrogen) atoms. The Morgan fingerprint density at radius 1 is 0.962 bits per heavy atom. The zero-order valence-electron chi connectivity index (χ0n) is 13.8. The summed E-state index contributed by atoms with van der Waals surface area (Å²) < 4.78 is 13.4. The molecular weight excluding hydrogens is 330 g/mol. The summed E-state index contributed by atoms with van der Waals surface area (Å²) in [5.74, 6) is 2.70. The molecule has 0 bridgehead atoms. The van der Waals surface area contributed by atoms with E-state index in [9.17, 15) is 0 Å². The van der Waals surface area contributed by atoms with E-state index in [1.54, 1.807) is 24.7 Å². The van der Waals surface area contributed by atoms with Gasteiger partial charge in [-0.25, -0.2) is 9.97 Å². The van der Waals surface area contributed by atoms with Crippen molar-refractivity contribution in [2.24, 2.45) is 0 Å². The summed E-state index contributed by atoms with van der Waals surface area (Å²) >= 11 is 0. The van der Waals surface area contributed by atoms with Gasteiger partial charge in [-0.3, -0.25) is 9.55 Å². The van der Waals surface area contributed by atoms with E-state index in [-0.39, 0.29) is 0 Å². The standard InChI is InChI=1S/C19H15N5O2/c20-18-4-1-12(10-22-18)19-23-14-5-6-21-11-15(14)24(19)13-2-3-16-17(9-13)26-8-7-25-16/h1-6,9-11H,7-8H2,(H2,20,22). The van der Waals surface area contributed by atoms with Crippen LogP contribution in [-0.4, -0.2) is 32.7 Å². The molecule has 4 aromatic rings. The highest BCUT2D eigenvalue weighted by Crippen LogP contribution is 2.35. The second-order valence-electron chi connectivity index (χ2n) is 5.93. The van der Waals surface area contributed by atoms with E-state index >= 15 is 0 Å². The van der Waals surface area contributed by atoms with Crippen LogP contribution in [0.3, 0.4) is 0 Å². The minimum Gasteiger partial charge on any atom is -0.486 e. The molecule has 0 atom stereocenters. The predicted octanol–water partition coefficient (Wildman–Crippen LogP) is 2.84. The highest BCUT2D eigenvalue weighted by molar-refractivity contribution is 5.82. The van der Waals surface area contributed by atoms with Gasteiger partial charge in [0.1, 0.15) is 24.9 Å². The van der Waals surface area contributed by atoms with E-state index in [1.807, 2.05) is 34.9 Å². The lowest BCUT2D eigenvalue weighted by Crippen LogP contribution is -2.15. The monoisotopic (exact) mass is 345 g/mol. The molecule has 0 saturated carbocycles. The molecule has 1 aliphatic heterocycles. The molecule has 0 amide bonds. The highest BCUT2D eigenvalue weighted by Gasteiger charge is 2.18. The minimum atomic E-state index is 0.470. The maximum Gasteiger partial charge on any atom is 0.163 e. The molecule has 0 saturated heterocycles. The third-order valence-corrected chi connectivity index (χ3v) is 4.29. The van der Waals surface area contributed by atoms with Crippen LogP contribution in [0.2, 0.25) is 0 Å². The van der Waals surface area contributed by atoms with Crippen LogP contribution in [0.1, 0.15) is 0 Å². The average molecular weight is 345 g/mol. The van der Waals surface area contributed by atoms with Crippen LogP contribution in [0.4, 0.5) is 5.82 Å². The molecule has 7 heteroatoms. The first kappa shape index (κ1) is 14.7. The smallest absolute Gasteiger partial charge is 0.163 e. The zero-order chi connectivity index (χ0) is 17.5. The van der Waals surface area contributed by atoms with E-state index in [0.717, 1.165) is 39.6 Å². The molecule has 0 radical (unpaired) electrons. The number of imidazole rings is 1. The fourth-order valence-electron chi connectivity index (χ4n) is 3.09. The number of aromatic nitrogens is 4. The van der Waals surface area contributed by atoms with Crippen LogP contribution in [0, 0.1) is 0 Å². The molecule has 0 fully saturated rings. The number of pyridine rings is 2. The fourth-order valence-corrected chi connectivity index (χ4v) is 3.09. The van der Waals surface area contributed by atoms with Gasteiger partial charge in [-0.15, -0.1) is 0 Å². The molecule has 0 aliphatic carbocycles. The molecule has 4 heterocycles. The first-order chi connectivity index (χ1) is 12.8. The summed E-state index contributed by atoms with van der Waals surface area (Å²) in [7, 11) is 0. The Balaban J connectivity index is 1.76. The lowest BCUT2D eigenvalue weighted by atomic mass is 10.2. The van der Waals surface area contributed by atoms with Gasteiger partial charge in [-0.2, -0.15) is 0 Å². The maximum absolute atomic E-state index is 5.73. The molecule has 128 valence electrons. The van der Waals surface area contributed by atoms with E-state index < -0.39 is 0 Å². The van der Waals surface area contributed by atoms with Crippen molar-refractivity contribution >= 4 is 16.9 Å². The Hall–Kier alpha value is -3.61. The number of anilines is 1. The minimum absolute atomic E-state index is 0.470. The van der Waals surface area contributed by atoms with Gasteiger partial charge in [-0.1, -0.05) is 0 Å². The zero-order valence-corrected chi connectivity index (χ0v) is 13.8. The molecule has 0 unspecified atom stereocenters. The number of fused-ring (bicyclic) bond motifs is 2. The molecule has 2 N–H and O–H groups in total. The van der Waals surface area contributed by atoms with Crippen molar-refractivity contribution < 1.29 is 9.47 Å². The number of nitrogen functional groups attached to an aromatic ring is 1. The molecule has 1 aliphatic rings. The number of nitrogens with two attached hydrogens (primary N) is 1. The second-order valence-corrected chi connectivity index (χ2v) is 5.93. The Kier molecular flexibility index (Phi) is 3.24. The van der Waals surface area contributed by atoms with Crippen LogP contribution in [0.15, 0.2) is 55.0 Å². The van der Waals surface area contributed by atoms with Gasteiger partial charge in [0.15, 0.2) is 11.5 Å². The molecule has 3 aromatic heterocycles. The summed E-state index contributed by atoms with van der Waals surface area (Å²) in [4.78, 5) is 13.2. The van der Waals surface area contributed by atoms with Crippen LogP contribution < -0.4 is 15.2 Å². The Labute approximate surface area is 149 Å². The first-order valence-corrected chi connectivity index (χ1v) is 8.24. The number of benzene rings is 1. The van der Waals surface area contributed by atoms with Crippen molar-refractivity contribution in [2.45, 2.75) is 0 Å². The lowest BCUT2D eigenvalue weighted by molar-refractivity contribution is 0.171. The number of hydrogen-bond donors (Lipinski definition) is 1. The normalized spacial score (nSPS) is 13.1. The number of nitrogens with zero attached hydrogens (tertiary/aromatic N) is 4. The van der Waals surface area contributed by atoms with E-state index in [0.29, 0.717) is 19.0 Å². The van der Waals surface area contributed by atoms with Crippen molar-refractivity contribution in [1.82, 2.24) is 19.5 Å². The Bertz CT molecular complexity index is 1100. The van der Waals surface area contributed by atoms with Crippen molar-refractivity contribution in [3.63, 3.8) is 0 Å². The van der Waals surface area contributed by atoms with Gasteiger partial charge in [-0.05, 0) is 30.3 Å². The molecule has 1 aromatic carbocycles. The van der Waals surface area contributed by atoms with E-state index in [2.05, 4.69) is 9.97 Å². The van der Waals surface area contributed by atoms with Crippen LogP contribution in [0.5, 0.6) is 11.5 Å². The van der Waals surface area contributed by atoms with Gasteiger partial charge in [0, 0.05) is 24.0 Å². The third kappa shape index (κ3) is 2.33. The number of hydrogen-bond acceptors (Lipinski definition) is 6. The summed E-state index contributed by atoms with van der Waals surface area (Å²) in [5, 5.41) is 0. The predicted molar refractivity (Wildman–Crippen MR) is 97.5 cm³/mol. The Morgan fingerprint density at radius 3 is 2.69 bits per heavy atom. The molecule has 0 spiro atoms. The van der Waals surface area contributed by atoms with E-state index in [4.69, 9.17) is 20.2 Å². The van der Waals surface area contributed by atoms with Gasteiger partial charge < -0.3 is 15.2 Å². The van der Waals surface area contributed by atoms with Crippen LogP contribution in [0.25, 0.3) is 28.1 Å². The summed E-state index contributed by atoms with van der Waals surface area (Å²) in [6, 6.07) is 11.4. The average Bonchev–Trinajstić information content (AvgIpc) is 3.07. The van der Waals surface area contributed by atoms with E-state index in [1.165, 1.54) is 0 Å². The first-order valence-electron chi connectivity index (χ1n) is 8.24. The van der Waals surface area contributed by atoms with Crippen molar-refractivity contribution in [1.29, 1.82) is 0 Å². The lowest BCUT2D eigenvalue weighted by Gasteiger charge is -2.19. The maximum atomic E-state index is 5.73.